The summed E-state index contributed by atoms with van der Waals surface area (Å²) in [6.45, 7) is 4.38. The van der Waals surface area contributed by atoms with Crippen LogP contribution >= 0.6 is 0 Å². The van der Waals surface area contributed by atoms with Crippen molar-refractivity contribution in [2.24, 2.45) is 5.41 Å². The van der Waals surface area contributed by atoms with Gasteiger partial charge in [-0.2, -0.15) is 5.10 Å². The van der Waals surface area contributed by atoms with Crippen LogP contribution in [0.4, 0.5) is 5.69 Å². The fourth-order valence-corrected chi connectivity index (χ4v) is 7.46. The number of amides is 1. The zero-order valence-electron chi connectivity index (χ0n) is 25.4. The molecule has 0 radical (unpaired) electrons. The number of carbonyl (C=O) groups excluding carboxylic acids is 1. The summed E-state index contributed by atoms with van der Waals surface area (Å²) in [4.78, 5) is 20.5. The normalized spacial score (nSPS) is 18.3. The third kappa shape index (κ3) is 4.31. The second-order valence-corrected chi connectivity index (χ2v) is 12.4. The number of pyridine rings is 1. The minimum atomic E-state index is -0.775. The highest BCUT2D eigenvalue weighted by molar-refractivity contribution is 6.03. The van der Waals surface area contributed by atoms with Gasteiger partial charge in [-0.05, 0) is 73.3 Å². The zero-order chi connectivity index (χ0) is 30.4. The Labute approximate surface area is 263 Å². The average Bonchev–Trinajstić information content (AvgIpc) is 3.82. The van der Waals surface area contributed by atoms with E-state index in [1.807, 2.05) is 24.1 Å². The van der Waals surface area contributed by atoms with Crippen LogP contribution in [-0.4, -0.2) is 40.3 Å². The molecule has 4 heterocycles. The van der Waals surface area contributed by atoms with Gasteiger partial charge in [0.15, 0.2) is 0 Å². The molecular formula is C39H35N5O. The Hall–Kier alpha value is -5.07. The van der Waals surface area contributed by atoms with Crippen molar-refractivity contribution in [2.45, 2.75) is 25.3 Å². The molecule has 1 spiro atoms. The van der Waals surface area contributed by atoms with Gasteiger partial charge in [0.1, 0.15) is 11.2 Å². The van der Waals surface area contributed by atoms with Crippen molar-refractivity contribution in [3.8, 4) is 11.3 Å². The van der Waals surface area contributed by atoms with Crippen molar-refractivity contribution in [1.29, 1.82) is 0 Å². The van der Waals surface area contributed by atoms with Gasteiger partial charge in [0.25, 0.3) is 0 Å². The number of carbonyl (C=O) groups is 1. The van der Waals surface area contributed by atoms with Crippen LogP contribution in [0.15, 0.2) is 128 Å². The van der Waals surface area contributed by atoms with E-state index in [0.29, 0.717) is 0 Å². The molecule has 1 atom stereocenters. The Bertz CT molecular complexity index is 1880. The lowest BCUT2D eigenvalue weighted by Crippen LogP contribution is -2.38. The number of hydrogen-bond donors (Lipinski definition) is 1. The minimum Gasteiger partial charge on any atom is -0.316 e. The average molecular weight is 590 g/mol. The highest BCUT2D eigenvalue weighted by Gasteiger charge is 2.49. The standard InChI is InChI=1S/C39H35N5O/c1-28-17-18-29(26-41-28)36-34-25-33(43-24-22-38(37(43)45)21-23-40-27-38)19-20-35(34)44(42-36)39(30-11-5-2-6-12-30,31-13-7-3-8-14-31)32-15-9-4-10-16-32/h2-20,25-26,40H,21-24,27H2,1H3/t38-/m0/s1. The quantitative estimate of drug-likeness (QED) is 0.213. The first-order valence-corrected chi connectivity index (χ1v) is 15.8. The van der Waals surface area contributed by atoms with E-state index in [1.165, 1.54) is 0 Å². The molecule has 222 valence electrons. The number of benzene rings is 4. The topological polar surface area (TPSA) is 63.1 Å². The molecule has 4 aromatic carbocycles. The Kier molecular flexibility index (Phi) is 6.61. The van der Waals surface area contributed by atoms with Crippen molar-refractivity contribution in [1.82, 2.24) is 20.1 Å². The maximum absolute atomic E-state index is 13.8. The summed E-state index contributed by atoms with van der Waals surface area (Å²) in [6.07, 6.45) is 3.68. The molecule has 6 nitrogen and oxygen atoms in total. The van der Waals surface area contributed by atoms with Gasteiger partial charge < -0.3 is 10.2 Å². The van der Waals surface area contributed by atoms with Gasteiger partial charge in [-0.3, -0.25) is 9.78 Å². The molecule has 45 heavy (non-hydrogen) atoms. The van der Waals surface area contributed by atoms with Crippen molar-refractivity contribution in [3.63, 3.8) is 0 Å². The van der Waals surface area contributed by atoms with Gasteiger partial charge in [0, 0.05) is 41.6 Å². The van der Waals surface area contributed by atoms with Gasteiger partial charge in [0.05, 0.1) is 10.9 Å². The second kappa shape index (κ2) is 10.8. The van der Waals surface area contributed by atoms with Gasteiger partial charge in [0.2, 0.25) is 5.91 Å². The summed E-state index contributed by atoms with van der Waals surface area (Å²) >= 11 is 0. The van der Waals surface area contributed by atoms with Gasteiger partial charge >= 0.3 is 0 Å². The SMILES string of the molecule is Cc1ccc(-c2nn(C(c3ccccc3)(c3ccccc3)c3ccccc3)c3ccc(N4CC[C@]5(CCNC5)C4=O)cc23)cn1. The first-order valence-electron chi connectivity index (χ1n) is 15.8. The van der Waals surface area contributed by atoms with Crippen LogP contribution in [0, 0.1) is 12.3 Å². The molecule has 0 saturated carbocycles. The van der Waals surface area contributed by atoms with E-state index in [4.69, 9.17) is 5.10 Å². The van der Waals surface area contributed by atoms with E-state index in [9.17, 15) is 4.79 Å². The Morgan fingerprint density at radius 3 is 1.98 bits per heavy atom. The van der Waals surface area contributed by atoms with Crippen LogP contribution < -0.4 is 10.2 Å². The van der Waals surface area contributed by atoms with E-state index >= 15 is 0 Å². The molecule has 2 aliphatic rings. The second-order valence-electron chi connectivity index (χ2n) is 12.4. The summed E-state index contributed by atoms with van der Waals surface area (Å²) < 4.78 is 2.19. The van der Waals surface area contributed by atoms with Crippen LogP contribution in [0.2, 0.25) is 0 Å². The van der Waals surface area contributed by atoms with Crippen molar-refractivity contribution in [3.05, 3.63) is 150 Å². The van der Waals surface area contributed by atoms with Crippen molar-refractivity contribution in [2.75, 3.05) is 24.5 Å². The smallest absolute Gasteiger partial charge is 0.234 e. The monoisotopic (exact) mass is 589 g/mol. The Balaban J connectivity index is 1.42. The highest BCUT2D eigenvalue weighted by atomic mass is 16.2. The number of hydrogen-bond acceptors (Lipinski definition) is 4. The molecule has 6 aromatic rings. The van der Waals surface area contributed by atoms with Gasteiger partial charge in [-0.1, -0.05) is 91.0 Å². The summed E-state index contributed by atoms with van der Waals surface area (Å²) in [5.41, 5.74) is 6.89. The first kappa shape index (κ1) is 27.5. The molecule has 1 N–H and O–H groups in total. The van der Waals surface area contributed by atoms with E-state index < -0.39 is 5.54 Å². The number of nitrogens with zero attached hydrogens (tertiary/aromatic N) is 4. The molecule has 2 fully saturated rings. The molecule has 0 aliphatic carbocycles. The number of nitrogens with one attached hydrogen (secondary N) is 1. The number of aryl methyl sites for hydroxylation is 1. The first-order chi connectivity index (χ1) is 22.1. The summed E-state index contributed by atoms with van der Waals surface area (Å²) in [7, 11) is 0. The zero-order valence-corrected chi connectivity index (χ0v) is 25.4. The summed E-state index contributed by atoms with van der Waals surface area (Å²) in [5.74, 6) is 0.227. The van der Waals surface area contributed by atoms with Crippen LogP contribution in [0.25, 0.3) is 22.2 Å². The molecule has 2 aromatic heterocycles. The van der Waals surface area contributed by atoms with Gasteiger partial charge in [-0.25, -0.2) is 4.68 Å². The molecule has 0 unspecified atom stereocenters. The number of rotatable bonds is 6. The molecule has 6 heteroatoms. The maximum atomic E-state index is 13.8. The minimum absolute atomic E-state index is 0.227. The van der Waals surface area contributed by atoms with Crippen LogP contribution in [0.5, 0.6) is 0 Å². The third-order valence-corrected chi connectivity index (χ3v) is 9.81. The largest absolute Gasteiger partial charge is 0.316 e. The lowest BCUT2D eigenvalue weighted by molar-refractivity contribution is -0.124. The highest BCUT2D eigenvalue weighted by Crippen LogP contribution is 2.45. The number of aromatic nitrogens is 3. The maximum Gasteiger partial charge on any atom is 0.234 e. The summed E-state index contributed by atoms with van der Waals surface area (Å²) in [5, 5.41) is 9.92. The number of fused-ring (bicyclic) bond motifs is 1. The number of anilines is 1. The molecular weight excluding hydrogens is 554 g/mol. The van der Waals surface area contributed by atoms with E-state index in [-0.39, 0.29) is 11.3 Å². The molecule has 0 bridgehead atoms. The van der Waals surface area contributed by atoms with E-state index in [0.717, 1.165) is 82.7 Å². The molecule has 2 saturated heterocycles. The Morgan fingerprint density at radius 1 is 0.778 bits per heavy atom. The lowest BCUT2D eigenvalue weighted by Gasteiger charge is -2.37. The lowest BCUT2D eigenvalue weighted by atomic mass is 9.77. The van der Waals surface area contributed by atoms with Crippen molar-refractivity contribution >= 4 is 22.5 Å². The summed E-state index contributed by atoms with van der Waals surface area (Å²) in [6, 6.07) is 42.4. The fraction of sp³-hybridized carbons (Fsp3) is 0.205. The molecule has 8 rings (SSSR count). The van der Waals surface area contributed by atoms with Crippen LogP contribution in [0.1, 0.15) is 35.2 Å². The third-order valence-electron chi connectivity index (χ3n) is 9.81. The predicted octanol–water partition coefficient (Wildman–Crippen LogP) is 6.96. The van der Waals surface area contributed by atoms with E-state index in [2.05, 4.69) is 130 Å². The van der Waals surface area contributed by atoms with Crippen molar-refractivity contribution < 1.29 is 4.79 Å². The van der Waals surface area contributed by atoms with E-state index in [1.54, 1.807) is 0 Å². The Morgan fingerprint density at radius 2 is 1.42 bits per heavy atom. The molecule has 1 amide bonds. The molecule has 2 aliphatic heterocycles. The van der Waals surface area contributed by atoms with Crippen LogP contribution in [0.3, 0.4) is 0 Å². The fourth-order valence-electron chi connectivity index (χ4n) is 7.46. The predicted molar refractivity (Wildman–Crippen MR) is 179 cm³/mol. The van der Waals surface area contributed by atoms with Gasteiger partial charge in [-0.15, -0.1) is 0 Å². The van der Waals surface area contributed by atoms with Crippen LogP contribution in [-0.2, 0) is 10.3 Å².